The van der Waals surface area contributed by atoms with Gasteiger partial charge in [0.25, 0.3) is 5.56 Å². The average Bonchev–Trinajstić information content (AvgIpc) is 2.84. The molecule has 4 rings (SSSR count). The normalized spacial score (nSPS) is 10.9. The van der Waals surface area contributed by atoms with Gasteiger partial charge in [-0.3, -0.25) is 4.79 Å². The monoisotopic (exact) mass is 468 g/mol. The minimum Gasteiger partial charge on any atom is -0.497 e. The lowest BCUT2D eigenvalue weighted by atomic mass is 9.96. The van der Waals surface area contributed by atoms with Crippen LogP contribution >= 0.6 is 11.6 Å². The van der Waals surface area contributed by atoms with Crippen molar-refractivity contribution in [3.63, 3.8) is 0 Å². The maximum atomic E-state index is 13.1. The summed E-state index contributed by atoms with van der Waals surface area (Å²) >= 11 is 6.33. The molecule has 0 fully saturated rings. The van der Waals surface area contributed by atoms with E-state index in [4.69, 9.17) is 22.1 Å². The number of hydrogen-bond acceptors (Lipinski definition) is 7. The summed E-state index contributed by atoms with van der Waals surface area (Å²) in [5.41, 5.74) is 7.89. The van der Waals surface area contributed by atoms with Crippen molar-refractivity contribution < 1.29 is 4.74 Å². The second-order valence-corrected chi connectivity index (χ2v) is 7.70. The largest absolute Gasteiger partial charge is 0.497 e. The molecule has 0 aliphatic heterocycles. The van der Waals surface area contributed by atoms with Gasteiger partial charge in [0, 0.05) is 16.5 Å². The fraction of sp³-hybridized carbons (Fsp3) is 0.0800. The molecule has 34 heavy (non-hydrogen) atoms. The maximum absolute atomic E-state index is 13.1. The van der Waals surface area contributed by atoms with Crippen molar-refractivity contribution in [2.24, 2.45) is 5.10 Å². The van der Waals surface area contributed by atoms with E-state index in [2.05, 4.69) is 10.1 Å². The van der Waals surface area contributed by atoms with Gasteiger partial charge in [-0.2, -0.15) is 20.3 Å². The quantitative estimate of drug-likeness (QED) is 0.352. The molecule has 0 saturated carbocycles. The Hall–Kier alpha value is -4.66. The van der Waals surface area contributed by atoms with E-state index in [-0.39, 0.29) is 27.7 Å². The van der Waals surface area contributed by atoms with Gasteiger partial charge in [0.2, 0.25) is 0 Å². The number of rotatable bonds is 4. The van der Waals surface area contributed by atoms with Crippen LogP contribution in [0.25, 0.3) is 22.0 Å². The molecule has 2 aromatic carbocycles. The van der Waals surface area contributed by atoms with Crippen molar-refractivity contribution in [2.75, 3.05) is 12.8 Å². The number of nitrogen functional groups attached to an aromatic ring is 1. The van der Waals surface area contributed by atoms with Crippen molar-refractivity contribution in [1.82, 2.24) is 9.66 Å². The molecular weight excluding hydrogens is 452 g/mol. The minimum absolute atomic E-state index is 0.0446. The second-order valence-electron chi connectivity index (χ2n) is 7.34. The van der Waals surface area contributed by atoms with Gasteiger partial charge in [0.05, 0.1) is 18.8 Å². The van der Waals surface area contributed by atoms with Crippen LogP contribution in [0, 0.1) is 29.6 Å². The van der Waals surface area contributed by atoms with E-state index < -0.39 is 5.56 Å². The van der Waals surface area contributed by atoms with E-state index in [0.717, 1.165) is 21.1 Å². The zero-order valence-corrected chi connectivity index (χ0v) is 19.0. The molecule has 2 N–H and O–H groups in total. The van der Waals surface area contributed by atoms with Gasteiger partial charge in [-0.1, -0.05) is 41.9 Å². The molecule has 0 amide bonds. The highest BCUT2D eigenvalue weighted by molar-refractivity contribution is 6.32. The van der Waals surface area contributed by atoms with Crippen LogP contribution in [0.2, 0.25) is 5.15 Å². The molecule has 166 valence electrons. The number of aryl methyl sites for hydroxylation is 1. The number of methoxy groups -OCH3 is 1. The third-order valence-electron chi connectivity index (χ3n) is 5.33. The highest BCUT2D eigenvalue weighted by Gasteiger charge is 2.22. The molecular formula is C25H17ClN6O2. The number of benzene rings is 2. The molecule has 2 heterocycles. The van der Waals surface area contributed by atoms with E-state index in [0.29, 0.717) is 16.9 Å². The van der Waals surface area contributed by atoms with E-state index in [1.807, 2.05) is 37.3 Å². The number of nitriles is 2. The highest BCUT2D eigenvalue weighted by atomic mass is 35.5. The fourth-order valence-corrected chi connectivity index (χ4v) is 3.80. The number of aromatic nitrogens is 2. The van der Waals surface area contributed by atoms with Crippen molar-refractivity contribution in [1.29, 1.82) is 10.5 Å². The summed E-state index contributed by atoms with van der Waals surface area (Å²) in [4.78, 5) is 17.5. The van der Waals surface area contributed by atoms with Crippen LogP contribution < -0.4 is 16.0 Å². The summed E-state index contributed by atoms with van der Waals surface area (Å²) in [6.07, 6.45) is 1.32. The molecule has 8 nitrogen and oxygen atoms in total. The molecule has 0 atom stereocenters. The zero-order valence-electron chi connectivity index (χ0n) is 18.2. The first kappa shape index (κ1) is 22.5. The molecule has 0 unspecified atom stereocenters. The number of nitrogens with zero attached hydrogens (tertiary/aromatic N) is 5. The lowest BCUT2D eigenvalue weighted by Crippen LogP contribution is -2.25. The molecule has 0 aliphatic carbocycles. The third-order valence-corrected chi connectivity index (χ3v) is 5.64. The lowest BCUT2D eigenvalue weighted by Gasteiger charge is -2.13. The summed E-state index contributed by atoms with van der Waals surface area (Å²) < 4.78 is 5.97. The Morgan fingerprint density at radius 1 is 1.15 bits per heavy atom. The minimum atomic E-state index is -0.762. The number of para-hydroxylation sites is 1. The van der Waals surface area contributed by atoms with Crippen LogP contribution in [0.4, 0.5) is 5.82 Å². The topological polar surface area (TPSA) is 130 Å². The number of pyridine rings is 2. The number of halogens is 1. The SMILES string of the molecule is COc1ccc(-c2c(C#N)c(N)n(/N=C/c3cc4cccc(C)c4nc3Cl)c(=O)c2C#N)cc1. The van der Waals surface area contributed by atoms with Gasteiger partial charge in [-0.15, -0.1) is 0 Å². The van der Waals surface area contributed by atoms with Crippen molar-refractivity contribution in [3.8, 4) is 29.0 Å². The van der Waals surface area contributed by atoms with Gasteiger partial charge >= 0.3 is 0 Å². The van der Waals surface area contributed by atoms with Crippen LogP contribution in [0.5, 0.6) is 5.75 Å². The number of nitrogens with two attached hydrogens (primary N) is 1. The van der Waals surface area contributed by atoms with Crippen LogP contribution in [0.15, 0.2) is 58.4 Å². The van der Waals surface area contributed by atoms with Crippen LogP contribution in [0.3, 0.4) is 0 Å². The summed E-state index contributed by atoms with van der Waals surface area (Å²) in [5.74, 6) is 0.386. The molecule has 0 spiro atoms. The fourth-order valence-electron chi connectivity index (χ4n) is 3.61. The summed E-state index contributed by atoms with van der Waals surface area (Å²) in [5, 5.41) is 24.7. The summed E-state index contributed by atoms with van der Waals surface area (Å²) in [7, 11) is 1.52. The van der Waals surface area contributed by atoms with E-state index in [1.165, 1.54) is 13.3 Å². The molecule has 0 saturated heterocycles. The van der Waals surface area contributed by atoms with Gasteiger partial charge < -0.3 is 10.5 Å². The van der Waals surface area contributed by atoms with Crippen molar-refractivity contribution in [3.05, 3.63) is 86.3 Å². The zero-order chi connectivity index (χ0) is 24.4. The summed E-state index contributed by atoms with van der Waals surface area (Å²) in [6.45, 7) is 1.93. The number of fused-ring (bicyclic) bond motifs is 1. The number of ether oxygens (including phenoxy) is 1. The Kier molecular flexibility index (Phi) is 6.01. The summed E-state index contributed by atoms with van der Waals surface area (Å²) in [6, 6.07) is 18.0. The number of hydrogen-bond donors (Lipinski definition) is 1. The van der Waals surface area contributed by atoms with Crippen LogP contribution in [0.1, 0.15) is 22.3 Å². The molecule has 0 aliphatic rings. The van der Waals surface area contributed by atoms with Gasteiger partial charge in [0.1, 0.15) is 40.0 Å². The highest BCUT2D eigenvalue weighted by Crippen LogP contribution is 2.30. The smallest absolute Gasteiger partial charge is 0.291 e. The first-order chi connectivity index (χ1) is 16.4. The maximum Gasteiger partial charge on any atom is 0.291 e. The van der Waals surface area contributed by atoms with Crippen LogP contribution in [-0.4, -0.2) is 23.0 Å². The molecule has 2 aromatic heterocycles. The predicted molar refractivity (Wildman–Crippen MR) is 131 cm³/mol. The Bertz CT molecular complexity index is 1610. The predicted octanol–water partition coefficient (Wildman–Crippen LogP) is 4.24. The number of anilines is 1. The Balaban J connectivity index is 1.89. The van der Waals surface area contributed by atoms with Crippen LogP contribution in [-0.2, 0) is 0 Å². The molecule has 4 aromatic rings. The molecule has 0 radical (unpaired) electrons. The Labute approximate surface area is 199 Å². The first-order valence-corrected chi connectivity index (χ1v) is 10.4. The van der Waals surface area contributed by atoms with Gasteiger partial charge in [-0.25, -0.2) is 4.98 Å². The van der Waals surface area contributed by atoms with Gasteiger partial charge in [-0.05, 0) is 36.2 Å². The van der Waals surface area contributed by atoms with E-state index in [1.54, 1.807) is 30.3 Å². The van der Waals surface area contributed by atoms with E-state index >= 15 is 0 Å². The average molecular weight is 469 g/mol. The second kappa shape index (κ2) is 9.07. The van der Waals surface area contributed by atoms with Crippen molar-refractivity contribution in [2.45, 2.75) is 6.92 Å². The van der Waals surface area contributed by atoms with Crippen molar-refractivity contribution >= 4 is 34.5 Å². The van der Waals surface area contributed by atoms with E-state index in [9.17, 15) is 15.3 Å². The molecule has 0 bridgehead atoms. The molecule has 9 heteroatoms. The Morgan fingerprint density at radius 2 is 1.85 bits per heavy atom. The first-order valence-electron chi connectivity index (χ1n) is 10.0. The lowest BCUT2D eigenvalue weighted by molar-refractivity contribution is 0.415. The standard InChI is InChI=1S/C25H17ClN6O2/c1-14-4-3-5-16-10-17(23(26)31-22(14)16)13-30-32-24(29)19(11-27)21(20(12-28)25(32)33)15-6-8-18(34-2)9-7-15/h3-10,13H,29H2,1-2H3/b30-13+. The Morgan fingerprint density at radius 3 is 2.50 bits per heavy atom. The third kappa shape index (κ3) is 3.83. The van der Waals surface area contributed by atoms with Gasteiger partial charge in [0.15, 0.2) is 0 Å².